The number of aromatic nitrogens is 1. The number of hydrogen-bond acceptors (Lipinski definition) is 3. The zero-order valence-corrected chi connectivity index (χ0v) is 15.4. The molecule has 1 aromatic carbocycles. The zero-order valence-electron chi connectivity index (χ0n) is 15.4. The molecular weight excluding hydrogens is 358 g/mol. The summed E-state index contributed by atoms with van der Waals surface area (Å²) >= 11 is 0. The molecule has 146 valence electrons. The van der Waals surface area contributed by atoms with Crippen molar-refractivity contribution < 1.29 is 17.6 Å². The summed E-state index contributed by atoms with van der Waals surface area (Å²) in [6.07, 6.45) is -2.75. The van der Waals surface area contributed by atoms with Crippen molar-refractivity contribution in [3.63, 3.8) is 0 Å². The Bertz CT molecular complexity index is 770. The second-order valence-electron chi connectivity index (χ2n) is 6.27. The number of anilines is 1. The number of benzene rings is 1. The predicted molar refractivity (Wildman–Crippen MR) is 99.8 cm³/mol. The molecular formula is C20H23F4N3. The molecule has 0 radical (unpaired) electrons. The quantitative estimate of drug-likeness (QED) is 0.626. The van der Waals surface area contributed by atoms with Crippen LogP contribution in [-0.2, 0) is 6.18 Å². The molecule has 1 aromatic heterocycles. The minimum atomic E-state index is -4.40. The monoisotopic (exact) mass is 381 g/mol. The van der Waals surface area contributed by atoms with Crippen molar-refractivity contribution in [2.75, 3.05) is 25.0 Å². The Balaban J connectivity index is 1.99. The molecule has 1 heterocycles. The highest BCUT2D eigenvalue weighted by Gasteiger charge is 2.30. The Labute approximate surface area is 156 Å². The lowest BCUT2D eigenvalue weighted by molar-refractivity contribution is -0.137. The van der Waals surface area contributed by atoms with E-state index in [-0.39, 0.29) is 5.82 Å². The van der Waals surface area contributed by atoms with Gasteiger partial charge in [-0.2, -0.15) is 13.2 Å². The molecule has 2 aromatic rings. The number of rotatable bonds is 8. The van der Waals surface area contributed by atoms with E-state index in [0.29, 0.717) is 36.7 Å². The third-order valence-corrected chi connectivity index (χ3v) is 4.09. The molecule has 0 atom stereocenters. The summed E-state index contributed by atoms with van der Waals surface area (Å²) in [6.45, 7) is 9.49. The number of aryl methyl sites for hydroxylation is 1. The second kappa shape index (κ2) is 8.88. The Morgan fingerprint density at radius 1 is 1.19 bits per heavy atom. The molecule has 0 bridgehead atoms. The van der Waals surface area contributed by atoms with Crippen LogP contribution in [0.2, 0.25) is 0 Å². The van der Waals surface area contributed by atoms with E-state index in [0.717, 1.165) is 24.2 Å². The topological polar surface area (TPSA) is 28.2 Å². The first-order chi connectivity index (χ1) is 12.7. The number of hydrogen-bond donors (Lipinski definition) is 1. The summed E-state index contributed by atoms with van der Waals surface area (Å²) in [5, 5.41) is 2.99. The van der Waals surface area contributed by atoms with Crippen LogP contribution in [-0.4, -0.2) is 29.5 Å². The highest BCUT2D eigenvalue weighted by Crippen LogP contribution is 2.28. The number of nitrogens with zero attached hydrogens (tertiary/aromatic N) is 2. The van der Waals surface area contributed by atoms with Crippen molar-refractivity contribution in [3.8, 4) is 0 Å². The molecule has 1 N–H and O–H groups in total. The van der Waals surface area contributed by atoms with E-state index in [1.807, 2.05) is 24.8 Å². The lowest BCUT2D eigenvalue weighted by atomic mass is 10.1. The number of halogens is 4. The maximum atomic E-state index is 14.2. The maximum Gasteiger partial charge on any atom is 0.417 e. The Hall–Kier alpha value is -2.57. The molecule has 0 saturated heterocycles. The van der Waals surface area contributed by atoms with Gasteiger partial charge >= 0.3 is 6.18 Å². The van der Waals surface area contributed by atoms with Crippen LogP contribution in [0.25, 0.3) is 5.70 Å². The fourth-order valence-corrected chi connectivity index (χ4v) is 2.66. The van der Waals surface area contributed by atoms with Crippen molar-refractivity contribution in [3.05, 3.63) is 65.6 Å². The maximum absolute atomic E-state index is 14.2. The minimum Gasteiger partial charge on any atom is -0.370 e. The highest BCUT2D eigenvalue weighted by molar-refractivity contribution is 5.62. The van der Waals surface area contributed by atoms with Gasteiger partial charge in [-0.3, -0.25) is 0 Å². The molecule has 0 amide bonds. The first-order valence-corrected chi connectivity index (χ1v) is 8.70. The van der Waals surface area contributed by atoms with Gasteiger partial charge in [-0.05, 0) is 43.2 Å². The van der Waals surface area contributed by atoms with Gasteiger partial charge < -0.3 is 10.2 Å². The van der Waals surface area contributed by atoms with Crippen LogP contribution < -0.4 is 5.32 Å². The highest BCUT2D eigenvalue weighted by atomic mass is 19.4. The Kier molecular flexibility index (Phi) is 6.82. The number of alkyl halides is 3. The zero-order chi connectivity index (χ0) is 20.0. The van der Waals surface area contributed by atoms with Gasteiger partial charge in [0.15, 0.2) is 0 Å². The molecule has 0 unspecified atom stereocenters. The molecule has 27 heavy (non-hydrogen) atoms. The van der Waals surface area contributed by atoms with E-state index in [4.69, 9.17) is 0 Å². The molecule has 0 spiro atoms. The van der Waals surface area contributed by atoms with E-state index in [1.165, 1.54) is 12.1 Å². The van der Waals surface area contributed by atoms with Crippen LogP contribution in [0.1, 0.15) is 30.0 Å². The van der Waals surface area contributed by atoms with E-state index in [1.54, 1.807) is 6.07 Å². The first kappa shape index (κ1) is 20.7. The summed E-state index contributed by atoms with van der Waals surface area (Å²) in [6, 6.07) is 7.29. The van der Waals surface area contributed by atoms with Crippen LogP contribution in [0.15, 0.2) is 43.1 Å². The normalized spacial score (nSPS) is 11.3. The summed E-state index contributed by atoms with van der Waals surface area (Å²) in [4.78, 5) is 5.73. The van der Waals surface area contributed by atoms with Crippen molar-refractivity contribution in [1.82, 2.24) is 9.88 Å². The molecule has 0 fully saturated rings. The third kappa shape index (κ3) is 5.70. The Morgan fingerprint density at radius 2 is 1.93 bits per heavy atom. The van der Waals surface area contributed by atoms with E-state index < -0.39 is 11.7 Å². The fraction of sp³-hybridized carbons (Fsp3) is 0.350. The fourth-order valence-electron chi connectivity index (χ4n) is 2.66. The van der Waals surface area contributed by atoms with Gasteiger partial charge in [0.25, 0.3) is 0 Å². The van der Waals surface area contributed by atoms with Crippen LogP contribution >= 0.6 is 0 Å². The lowest BCUT2D eigenvalue weighted by Crippen LogP contribution is -2.28. The molecule has 0 aliphatic heterocycles. The molecule has 3 nitrogen and oxygen atoms in total. The molecule has 0 aliphatic rings. The van der Waals surface area contributed by atoms with Gasteiger partial charge in [0.2, 0.25) is 0 Å². The Morgan fingerprint density at radius 3 is 2.48 bits per heavy atom. The summed E-state index contributed by atoms with van der Waals surface area (Å²) in [5.41, 5.74) is 1.07. The third-order valence-electron chi connectivity index (χ3n) is 4.09. The van der Waals surface area contributed by atoms with Gasteiger partial charge in [-0.15, -0.1) is 0 Å². The van der Waals surface area contributed by atoms with Crippen molar-refractivity contribution in [2.45, 2.75) is 26.4 Å². The van der Waals surface area contributed by atoms with Crippen LogP contribution in [0.3, 0.4) is 0 Å². The SMILES string of the molecule is C=C(c1ccc(C)cc1F)N(CCC)CCNc1ccc(C(F)(F)F)cn1. The minimum absolute atomic E-state index is 0.321. The van der Waals surface area contributed by atoms with Crippen LogP contribution in [0.4, 0.5) is 23.4 Å². The van der Waals surface area contributed by atoms with Crippen LogP contribution in [0.5, 0.6) is 0 Å². The van der Waals surface area contributed by atoms with Gasteiger partial charge in [0, 0.05) is 37.1 Å². The lowest BCUT2D eigenvalue weighted by Gasteiger charge is -2.27. The van der Waals surface area contributed by atoms with Crippen molar-refractivity contribution >= 4 is 11.5 Å². The van der Waals surface area contributed by atoms with Gasteiger partial charge in [0.1, 0.15) is 11.6 Å². The number of pyridine rings is 1. The average Bonchev–Trinajstić information content (AvgIpc) is 2.60. The van der Waals surface area contributed by atoms with Gasteiger partial charge in [0.05, 0.1) is 5.56 Å². The van der Waals surface area contributed by atoms with E-state index in [2.05, 4.69) is 16.9 Å². The van der Waals surface area contributed by atoms with E-state index in [9.17, 15) is 17.6 Å². The van der Waals surface area contributed by atoms with E-state index >= 15 is 0 Å². The largest absolute Gasteiger partial charge is 0.417 e. The van der Waals surface area contributed by atoms with Gasteiger partial charge in [-0.25, -0.2) is 9.37 Å². The molecule has 0 aliphatic carbocycles. The second-order valence-corrected chi connectivity index (χ2v) is 6.27. The van der Waals surface area contributed by atoms with Crippen molar-refractivity contribution in [1.29, 1.82) is 0 Å². The smallest absolute Gasteiger partial charge is 0.370 e. The summed E-state index contributed by atoms with van der Waals surface area (Å²) < 4.78 is 51.9. The summed E-state index contributed by atoms with van der Waals surface area (Å²) in [5.74, 6) is 0.0324. The van der Waals surface area contributed by atoms with Crippen molar-refractivity contribution in [2.24, 2.45) is 0 Å². The predicted octanol–water partition coefficient (Wildman–Crippen LogP) is 5.34. The molecule has 0 saturated carbocycles. The van der Waals surface area contributed by atoms with Gasteiger partial charge in [-0.1, -0.05) is 19.6 Å². The van der Waals surface area contributed by atoms with Crippen LogP contribution in [0, 0.1) is 12.7 Å². The standard InChI is InChI=1S/C20H23F4N3/c1-4-10-27(15(3)17-7-5-14(2)12-18(17)21)11-9-25-19-8-6-16(13-26-19)20(22,23)24/h5-8,12-13H,3-4,9-11H2,1-2H3,(H,25,26). The average molecular weight is 381 g/mol. The molecule has 7 heteroatoms. The molecule has 2 rings (SSSR count). The number of nitrogens with one attached hydrogen (secondary N) is 1. The summed E-state index contributed by atoms with van der Waals surface area (Å²) in [7, 11) is 0. The first-order valence-electron chi connectivity index (χ1n) is 8.70.